The monoisotopic (exact) mass is 559 g/mol. The number of benzene rings is 2. The second-order valence-electron chi connectivity index (χ2n) is 11.5. The van der Waals surface area contributed by atoms with Gasteiger partial charge in [0.1, 0.15) is 17.9 Å². The van der Waals surface area contributed by atoms with E-state index in [2.05, 4.69) is 46.8 Å². The van der Waals surface area contributed by atoms with E-state index in [1.54, 1.807) is 24.7 Å². The molecule has 2 N–H and O–H groups in total. The van der Waals surface area contributed by atoms with Gasteiger partial charge in [-0.05, 0) is 55.3 Å². The number of ether oxygens (including phenoxy) is 2. The molecule has 10 nitrogen and oxygen atoms in total. The molecule has 7 rings (SSSR count). The Hall–Kier alpha value is -3.80. The highest BCUT2D eigenvalue weighted by molar-refractivity contribution is 5.75. The van der Waals surface area contributed by atoms with Crippen molar-refractivity contribution in [1.29, 1.82) is 0 Å². The molecule has 1 atom stereocenters. The summed E-state index contributed by atoms with van der Waals surface area (Å²) in [6, 6.07) is 10.8. The van der Waals surface area contributed by atoms with E-state index in [1.165, 1.54) is 11.6 Å². The Bertz CT molecular complexity index is 1600. The highest BCUT2D eigenvalue weighted by Crippen LogP contribution is 2.43. The molecule has 2 aromatic heterocycles. The molecule has 3 aliphatic rings. The third-order valence-corrected chi connectivity index (χ3v) is 8.64. The van der Waals surface area contributed by atoms with E-state index in [1.807, 2.05) is 6.07 Å². The topological polar surface area (TPSA) is 103 Å². The van der Waals surface area contributed by atoms with Crippen LogP contribution >= 0.6 is 0 Å². The first-order valence-corrected chi connectivity index (χ1v) is 14.3. The lowest BCUT2D eigenvalue weighted by Gasteiger charge is -2.28. The van der Waals surface area contributed by atoms with Crippen molar-refractivity contribution in [2.75, 3.05) is 57.4 Å². The first-order valence-electron chi connectivity index (χ1n) is 14.3. The van der Waals surface area contributed by atoms with Crippen molar-refractivity contribution in [3.8, 4) is 11.5 Å². The van der Waals surface area contributed by atoms with E-state index in [0.717, 1.165) is 81.1 Å². The maximum absolute atomic E-state index is 14.2. The van der Waals surface area contributed by atoms with Crippen molar-refractivity contribution in [2.24, 2.45) is 5.41 Å². The van der Waals surface area contributed by atoms with Gasteiger partial charge >= 0.3 is 5.69 Å². The van der Waals surface area contributed by atoms with Crippen molar-refractivity contribution in [2.45, 2.75) is 25.9 Å². The van der Waals surface area contributed by atoms with Crippen LogP contribution in [0.25, 0.3) is 11.0 Å². The lowest BCUT2D eigenvalue weighted by atomic mass is 9.86. The Morgan fingerprint density at radius 3 is 2.68 bits per heavy atom. The van der Waals surface area contributed by atoms with Crippen LogP contribution in [0.2, 0.25) is 0 Å². The minimum Gasteiger partial charge on any atom is -0.451 e. The molecule has 11 heteroatoms. The number of aromatic amines is 2. The van der Waals surface area contributed by atoms with Gasteiger partial charge in [0.15, 0.2) is 11.6 Å². The Morgan fingerprint density at radius 1 is 0.927 bits per heavy atom. The van der Waals surface area contributed by atoms with Crippen molar-refractivity contribution >= 4 is 16.9 Å². The molecule has 5 heterocycles. The first-order chi connectivity index (χ1) is 20.0. The number of morpholine rings is 1. The maximum Gasteiger partial charge on any atom is 0.323 e. The average molecular weight is 560 g/mol. The van der Waals surface area contributed by atoms with Gasteiger partial charge in [0.2, 0.25) is 0 Å². The fourth-order valence-electron chi connectivity index (χ4n) is 6.56. The predicted octanol–water partition coefficient (Wildman–Crippen LogP) is 3.51. The Labute approximate surface area is 237 Å². The number of hydrogen-bond donors (Lipinski definition) is 2. The van der Waals surface area contributed by atoms with Gasteiger partial charge in [-0.15, -0.1) is 0 Å². The van der Waals surface area contributed by atoms with Crippen LogP contribution in [0.5, 0.6) is 11.5 Å². The van der Waals surface area contributed by atoms with E-state index in [0.29, 0.717) is 31.3 Å². The zero-order valence-electron chi connectivity index (χ0n) is 22.9. The molecule has 2 aromatic carbocycles. The van der Waals surface area contributed by atoms with Gasteiger partial charge in [0, 0.05) is 56.8 Å². The zero-order chi connectivity index (χ0) is 27.8. The number of nitrogens with one attached hydrogen (secondary N) is 2. The number of anilines is 1. The summed E-state index contributed by atoms with van der Waals surface area (Å²) in [6.07, 6.45) is 5.47. The summed E-state index contributed by atoms with van der Waals surface area (Å²) in [5, 5.41) is 0. The smallest absolute Gasteiger partial charge is 0.323 e. The van der Waals surface area contributed by atoms with Crippen LogP contribution in [0.15, 0.2) is 53.7 Å². The lowest BCUT2D eigenvalue weighted by molar-refractivity contribution is 0.0339. The average Bonchev–Trinajstić information content (AvgIpc) is 3.68. The minimum absolute atomic E-state index is 0.177. The van der Waals surface area contributed by atoms with Crippen LogP contribution in [0.3, 0.4) is 0 Å². The molecule has 4 aromatic rings. The van der Waals surface area contributed by atoms with Gasteiger partial charge in [-0.2, -0.15) is 0 Å². The van der Waals surface area contributed by atoms with Crippen LogP contribution < -0.4 is 15.3 Å². The van der Waals surface area contributed by atoms with Gasteiger partial charge in [-0.1, -0.05) is 6.07 Å². The molecule has 0 saturated carbocycles. The second kappa shape index (κ2) is 10.9. The van der Waals surface area contributed by atoms with Crippen LogP contribution in [-0.2, 0) is 17.8 Å². The van der Waals surface area contributed by atoms with E-state index >= 15 is 0 Å². The number of fused-ring (bicyclic) bond motifs is 1. The third-order valence-electron chi connectivity index (χ3n) is 8.64. The summed E-state index contributed by atoms with van der Waals surface area (Å²) in [6.45, 7) is 8.24. The number of aromatic nitrogens is 4. The largest absolute Gasteiger partial charge is 0.451 e. The fraction of sp³-hybridized carbons (Fsp3) is 0.433. The standard InChI is InChI=1S/C30H34FN7O3/c31-23-2-4-26(22(14-23)17-36-9-11-40-12-10-36)41-27-15-32-20-33-28(27)38-8-6-30(19-38)5-7-37(18-30)16-21-1-3-24-25(13-21)35-29(39)34-24/h1-4,13-15,20H,5-12,16-19H2,(H2,34,35,39). The summed E-state index contributed by atoms with van der Waals surface area (Å²) in [5.74, 6) is 1.70. The molecule has 0 radical (unpaired) electrons. The second-order valence-corrected chi connectivity index (χ2v) is 11.5. The van der Waals surface area contributed by atoms with Crippen LogP contribution in [0, 0.1) is 11.2 Å². The first kappa shape index (κ1) is 26.1. The molecule has 41 heavy (non-hydrogen) atoms. The van der Waals surface area contributed by atoms with Gasteiger partial charge < -0.3 is 24.3 Å². The SMILES string of the molecule is O=c1[nH]c2ccc(CN3CCC4(CCN(c5ncncc5Oc5ccc(F)cc5CN5CCOCC5)C4)C3)cc2[nH]1. The molecule has 3 fully saturated rings. The molecular weight excluding hydrogens is 525 g/mol. The summed E-state index contributed by atoms with van der Waals surface area (Å²) >= 11 is 0. The molecule has 0 amide bonds. The Balaban J connectivity index is 1.04. The van der Waals surface area contributed by atoms with Crippen molar-refractivity contribution in [3.63, 3.8) is 0 Å². The third kappa shape index (κ3) is 5.57. The molecule has 1 spiro atoms. The zero-order valence-corrected chi connectivity index (χ0v) is 22.9. The molecule has 0 bridgehead atoms. The lowest BCUT2D eigenvalue weighted by Crippen LogP contribution is -2.35. The quantitative estimate of drug-likeness (QED) is 0.355. The van der Waals surface area contributed by atoms with Crippen LogP contribution in [0.4, 0.5) is 10.2 Å². The highest BCUT2D eigenvalue weighted by Gasteiger charge is 2.44. The van der Waals surface area contributed by atoms with Crippen LogP contribution in [0.1, 0.15) is 24.0 Å². The predicted molar refractivity (Wildman–Crippen MR) is 153 cm³/mol. The summed E-state index contributed by atoms with van der Waals surface area (Å²) in [4.78, 5) is 33.2. The fourth-order valence-corrected chi connectivity index (χ4v) is 6.56. The maximum atomic E-state index is 14.2. The van der Waals surface area contributed by atoms with E-state index < -0.39 is 0 Å². The molecular formula is C30H34FN7O3. The van der Waals surface area contributed by atoms with E-state index in [9.17, 15) is 9.18 Å². The van der Waals surface area contributed by atoms with Gasteiger partial charge in [0.05, 0.1) is 30.4 Å². The molecule has 3 aliphatic heterocycles. The number of rotatable bonds is 7. The molecule has 214 valence electrons. The number of hydrogen-bond acceptors (Lipinski definition) is 8. The molecule has 0 aliphatic carbocycles. The number of imidazole rings is 1. The summed E-state index contributed by atoms with van der Waals surface area (Å²) < 4.78 is 26.1. The normalized spacial score (nSPS) is 21.8. The van der Waals surface area contributed by atoms with Crippen molar-refractivity contribution in [3.05, 3.63) is 76.4 Å². The van der Waals surface area contributed by atoms with E-state index in [4.69, 9.17) is 9.47 Å². The number of H-pyrrole nitrogens is 2. The van der Waals surface area contributed by atoms with Crippen LogP contribution in [-0.4, -0.2) is 82.2 Å². The number of likely N-dealkylation sites (tertiary alicyclic amines) is 1. The highest BCUT2D eigenvalue weighted by atomic mass is 19.1. The minimum atomic E-state index is -0.279. The molecule has 1 unspecified atom stereocenters. The van der Waals surface area contributed by atoms with Gasteiger partial charge in [0.25, 0.3) is 0 Å². The number of halogens is 1. The van der Waals surface area contributed by atoms with Crippen molar-refractivity contribution in [1.82, 2.24) is 29.7 Å². The van der Waals surface area contributed by atoms with Gasteiger partial charge in [-0.3, -0.25) is 9.80 Å². The summed E-state index contributed by atoms with van der Waals surface area (Å²) in [7, 11) is 0. The Morgan fingerprint density at radius 2 is 1.78 bits per heavy atom. The number of nitrogens with zero attached hydrogens (tertiary/aromatic N) is 5. The summed E-state index contributed by atoms with van der Waals surface area (Å²) in [5.41, 5.74) is 3.68. The van der Waals surface area contributed by atoms with E-state index in [-0.39, 0.29) is 16.9 Å². The molecule has 3 saturated heterocycles. The Kier molecular flexibility index (Phi) is 6.93. The van der Waals surface area contributed by atoms with Gasteiger partial charge in [-0.25, -0.2) is 19.2 Å². The van der Waals surface area contributed by atoms with Crippen molar-refractivity contribution < 1.29 is 13.9 Å².